The Morgan fingerprint density at radius 1 is 1.27 bits per heavy atom. The molecule has 1 heterocycles. The van der Waals surface area contributed by atoms with Crippen LogP contribution in [0.2, 0.25) is 0 Å². The molecule has 0 spiro atoms. The number of hydrogen-bond acceptors (Lipinski definition) is 2. The van der Waals surface area contributed by atoms with E-state index in [9.17, 15) is 0 Å². The van der Waals surface area contributed by atoms with Crippen molar-refractivity contribution in [1.82, 2.24) is 0 Å². The van der Waals surface area contributed by atoms with Crippen molar-refractivity contribution in [1.29, 1.82) is 0 Å². The summed E-state index contributed by atoms with van der Waals surface area (Å²) in [4.78, 5) is 2.46. The second kappa shape index (κ2) is 3.42. The molecule has 0 radical (unpaired) electrons. The van der Waals surface area contributed by atoms with Gasteiger partial charge in [0.05, 0.1) is 4.91 Å². The minimum Gasteiger partial charge on any atom is -0.324 e. The summed E-state index contributed by atoms with van der Waals surface area (Å²) in [7, 11) is 0. The van der Waals surface area contributed by atoms with Gasteiger partial charge in [0.25, 0.3) is 0 Å². The minimum absolute atomic E-state index is 0.129. The van der Waals surface area contributed by atoms with E-state index < -0.39 is 0 Å². The molecule has 3 aliphatic rings. The maximum Gasteiger partial charge on any atom is 0.0547 e. The fraction of sp³-hybridized carbons (Fsp3) is 0.154. The Bertz CT molecular complexity index is 497. The Labute approximate surface area is 93.4 Å². The van der Waals surface area contributed by atoms with Crippen molar-refractivity contribution in [2.24, 2.45) is 5.73 Å². The Hall–Kier alpha value is -1.21. The molecular formula is C13H11NS. The summed E-state index contributed by atoms with van der Waals surface area (Å²) in [6, 6.07) is 0.129. The maximum absolute atomic E-state index is 6.13. The zero-order valence-corrected chi connectivity index (χ0v) is 9.05. The van der Waals surface area contributed by atoms with E-state index in [1.165, 1.54) is 15.4 Å². The Balaban J connectivity index is 2.18. The third kappa shape index (κ3) is 1.47. The van der Waals surface area contributed by atoms with Gasteiger partial charge in [-0.3, -0.25) is 0 Å². The van der Waals surface area contributed by atoms with E-state index in [-0.39, 0.29) is 6.04 Å². The van der Waals surface area contributed by atoms with Crippen LogP contribution in [0.4, 0.5) is 0 Å². The van der Waals surface area contributed by atoms with Gasteiger partial charge in [0.2, 0.25) is 0 Å². The smallest absolute Gasteiger partial charge is 0.0547 e. The van der Waals surface area contributed by atoms with Crippen molar-refractivity contribution in [2.45, 2.75) is 12.5 Å². The fourth-order valence-electron chi connectivity index (χ4n) is 1.98. The molecule has 1 unspecified atom stereocenters. The van der Waals surface area contributed by atoms with Crippen LogP contribution < -0.4 is 5.73 Å². The van der Waals surface area contributed by atoms with E-state index in [0.717, 1.165) is 12.0 Å². The van der Waals surface area contributed by atoms with Crippen molar-refractivity contribution < 1.29 is 0 Å². The zero-order chi connectivity index (χ0) is 10.3. The number of allylic oxidation sites excluding steroid dienone is 4. The highest BCUT2D eigenvalue weighted by atomic mass is 32.2. The fourth-order valence-corrected chi connectivity index (χ4v) is 3.06. The second-order valence-electron chi connectivity index (χ2n) is 3.75. The molecule has 2 aliphatic carbocycles. The van der Waals surface area contributed by atoms with Gasteiger partial charge in [-0.1, -0.05) is 41.8 Å². The first-order valence-corrected chi connectivity index (χ1v) is 5.86. The number of thioether (sulfide) groups is 1. The molecule has 1 nitrogen and oxygen atoms in total. The van der Waals surface area contributed by atoms with Gasteiger partial charge in [-0.15, -0.1) is 0 Å². The van der Waals surface area contributed by atoms with Crippen LogP contribution in [0, 0.1) is 0 Å². The Morgan fingerprint density at radius 2 is 2.13 bits per heavy atom. The van der Waals surface area contributed by atoms with E-state index >= 15 is 0 Å². The SMILES string of the molecule is NC1CC=CC2=C1C1=C=C(C=CC=C1)S2. The Morgan fingerprint density at radius 3 is 3.07 bits per heavy atom. The maximum atomic E-state index is 6.13. The molecule has 0 saturated carbocycles. The van der Waals surface area contributed by atoms with Crippen LogP contribution in [0.3, 0.4) is 0 Å². The van der Waals surface area contributed by atoms with Crippen molar-refractivity contribution in [2.75, 3.05) is 0 Å². The van der Waals surface area contributed by atoms with E-state index in [2.05, 4.69) is 42.2 Å². The molecular weight excluding hydrogens is 202 g/mol. The van der Waals surface area contributed by atoms with Crippen molar-refractivity contribution >= 4 is 11.8 Å². The molecule has 2 heteroatoms. The van der Waals surface area contributed by atoms with Gasteiger partial charge >= 0.3 is 0 Å². The van der Waals surface area contributed by atoms with Crippen LogP contribution >= 0.6 is 11.8 Å². The summed E-state index contributed by atoms with van der Waals surface area (Å²) in [5.74, 6) is 0. The summed E-state index contributed by atoms with van der Waals surface area (Å²) < 4.78 is 0. The third-order valence-corrected chi connectivity index (χ3v) is 3.72. The van der Waals surface area contributed by atoms with Gasteiger partial charge in [0.1, 0.15) is 0 Å². The predicted molar refractivity (Wildman–Crippen MR) is 65.2 cm³/mol. The summed E-state index contributed by atoms with van der Waals surface area (Å²) in [5, 5.41) is 0. The van der Waals surface area contributed by atoms with Crippen molar-refractivity contribution in [3.05, 3.63) is 63.1 Å². The molecule has 0 aromatic heterocycles. The van der Waals surface area contributed by atoms with Gasteiger partial charge in [-0.25, -0.2) is 0 Å². The van der Waals surface area contributed by atoms with E-state index in [4.69, 9.17) is 5.73 Å². The van der Waals surface area contributed by atoms with E-state index in [1.807, 2.05) is 0 Å². The molecule has 15 heavy (non-hydrogen) atoms. The van der Waals surface area contributed by atoms with Gasteiger partial charge in [-0.05, 0) is 24.1 Å². The molecule has 0 amide bonds. The zero-order valence-electron chi connectivity index (χ0n) is 8.23. The number of rotatable bonds is 0. The molecule has 1 aliphatic heterocycles. The topological polar surface area (TPSA) is 26.0 Å². The number of fused-ring (bicyclic) bond motifs is 1. The molecule has 0 saturated heterocycles. The van der Waals surface area contributed by atoms with Gasteiger partial charge in [0.15, 0.2) is 0 Å². The highest BCUT2D eigenvalue weighted by Gasteiger charge is 2.23. The van der Waals surface area contributed by atoms with Crippen molar-refractivity contribution in [3.63, 3.8) is 0 Å². The minimum atomic E-state index is 0.129. The summed E-state index contributed by atoms with van der Waals surface area (Å²) in [6.45, 7) is 0. The standard InChI is InChI=1S/C13H11NS/c14-11-6-3-7-12-13(11)9-4-1-2-5-10(8-9)15-12/h1-5,7,11H,6,14H2. The molecule has 0 fully saturated rings. The second-order valence-corrected chi connectivity index (χ2v) is 4.83. The molecule has 74 valence electrons. The first-order valence-electron chi connectivity index (χ1n) is 5.05. The summed E-state index contributed by atoms with van der Waals surface area (Å²) in [6.07, 6.45) is 13.6. The van der Waals surface area contributed by atoms with Crippen LogP contribution in [-0.4, -0.2) is 6.04 Å². The van der Waals surface area contributed by atoms with Crippen LogP contribution in [0.25, 0.3) is 0 Å². The highest BCUT2D eigenvalue weighted by molar-refractivity contribution is 8.07. The van der Waals surface area contributed by atoms with Gasteiger partial charge in [-0.2, -0.15) is 0 Å². The lowest BCUT2D eigenvalue weighted by Crippen LogP contribution is -2.25. The first-order chi connectivity index (χ1) is 7.34. The Kier molecular flexibility index (Phi) is 2.06. The molecule has 2 N–H and O–H groups in total. The first kappa shape index (κ1) is 9.05. The van der Waals surface area contributed by atoms with Gasteiger partial charge in [0, 0.05) is 16.5 Å². The highest BCUT2D eigenvalue weighted by Crippen LogP contribution is 2.40. The summed E-state index contributed by atoms with van der Waals surface area (Å²) in [5.41, 5.74) is 11.9. The molecule has 2 bridgehead atoms. The normalized spacial score (nSPS) is 27.1. The molecule has 3 rings (SSSR count). The molecule has 0 aromatic rings. The lowest BCUT2D eigenvalue weighted by molar-refractivity contribution is 0.783. The quantitative estimate of drug-likeness (QED) is 0.626. The lowest BCUT2D eigenvalue weighted by Gasteiger charge is -2.24. The molecule has 1 atom stereocenters. The summed E-state index contributed by atoms with van der Waals surface area (Å²) >= 11 is 1.76. The van der Waals surface area contributed by atoms with E-state index in [0.29, 0.717) is 0 Å². The van der Waals surface area contributed by atoms with Crippen LogP contribution in [0.1, 0.15) is 6.42 Å². The third-order valence-electron chi connectivity index (χ3n) is 2.69. The van der Waals surface area contributed by atoms with Crippen LogP contribution in [0.15, 0.2) is 63.1 Å². The van der Waals surface area contributed by atoms with Crippen molar-refractivity contribution in [3.8, 4) is 0 Å². The monoisotopic (exact) mass is 213 g/mol. The van der Waals surface area contributed by atoms with Crippen LogP contribution in [-0.2, 0) is 0 Å². The largest absolute Gasteiger partial charge is 0.324 e. The van der Waals surface area contributed by atoms with Crippen LogP contribution in [0.5, 0.6) is 0 Å². The van der Waals surface area contributed by atoms with E-state index in [1.54, 1.807) is 11.8 Å². The average Bonchev–Trinajstić information content (AvgIpc) is 2.41. The average molecular weight is 213 g/mol. The number of hydrogen-bond donors (Lipinski definition) is 1. The van der Waals surface area contributed by atoms with Gasteiger partial charge < -0.3 is 5.73 Å². The predicted octanol–water partition coefficient (Wildman–Crippen LogP) is 2.81. The molecule has 0 aromatic carbocycles. The number of nitrogens with two attached hydrogens (primary N) is 1. The lowest BCUT2D eigenvalue weighted by atomic mass is 9.93.